The molecule has 0 atom stereocenters. The first kappa shape index (κ1) is 10.4. The molecule has 1 rings (SSSR count). The molecule has 0 fully saturated rings. The molecule has 0 amide bonds. The number of phenols is 1. The van der Waals surface area contributed by atoms with E-state index >= 15 is 0 Å². The average Bonchev–Trinajstić information content (AvgIpc) is 2.17. The number of anilines is 1. The van der Waals surface area contributed by atoms with E-state index in [2.05, 4.69) is 0 Å². The summed E-state index contributed by atoms with van der Waals surface area (Å²) in [6, 6.07) is 3.00. The van der Waals surface area contributed by atoms with E-state index < -0.39 is 0 Å². The van der Waals surface area contributed by atoms with Gasteiger partial charge in [-0.2, -0.15) is 0 Å². The number of rotatable bonds is 3. The Morgan fingerprint density at radius 1 is 1.43 bits per heavy atom. The van der Waals surface area contributed by atoms with Crippen molar-refractivity contribution in [3.63, 3.8) is 0 Å². The largest absolute Gasteiger partial charge is 0.504 e. The highest BCUT2D eigenvalue weighted by Gasteiger charge is 2.14. The summed E-state index contributed by atoms with van der Waals surface area (Å²) in [7, 11) is 5.02. The fourth-order valence-electron chi connectivity index (χ4n) is 1.33. The van der Waals surface area contributed by atoms with Gasteiger partial charge in [0.2, 0.25) is 0 Å². The highest BCUT2D eigenvalue weighted by Crippen LogP contribution is 2.37. The maximum atomic E-state index is 10.7. The Bertz CT molecular complexity index is 347. The van der Waals surface area contributed by atoms with Crippen LogP contribution in [0.15, 0.2) is 12.1 Å². The van der Waals surface area contributed by atoms with Gasteiger partial charge in [-0.25, -0.2) is 0 Å². The van der Waals surface area contributed by atoms with Gasteiger partial charge in [0, 0.05) is 19.7 Å². The fourth-order valence-corrected chi connectivity index (χ4v) is 1.33. The van der Waals surface area contributed by atoms with Gasteiger partial charge in [0.25, 0.3) is 0 Å². The second-order valence-corrected chi connectivity index (χ2v) is 3.07. The molecule has 0 aliphatic carbocycles. The number of carbonyl (C=O) groups excluding carboxylic acids is 1. The summed E-state index contributed by atoms with van der Waals surface area (Å²) in [6.07, 6.45) is 0.733. The lowest BCUT2D eigenvalue weighted by Crippen LogP contribution is -2.12. The summed E-state index contributed by atoms with van der Waals surface area (Å²) in [5, 5.41) is 9.49. The van der Waals surface area contributed by atoms with E-state index in [0.29, 0.717) is 17.0 Å². The number of nitrogens with zero attached hydrogens (tertiary/aromatic N) is 1. The molecular weight excluding hydrogens is 182 g/mol. The topological polar surface area (TPSA) is 49.8 Å². The standard InChI is InChI=1S/C10H13NO3/c1-11(2)9-7(6-12)4-5-8(13)10(9)14-3/h4-6,13H,1-3H3. The Balaban J connectivity index is 3.43. The van der Waals surface area contributed by atoms with E-state index in [1.54, 1.807) is 25.1 Å². The van der Waals surface area contributed by atoms with Crippen molar-refractivity contribution in [2.75, 3.05) is 26.1 Å². The van der Waals surface area contributed by atoms with Crippen LogP contribution in [0.2, 0.25) is 0 Å². The van der Waals surface area contributed by atoms with Gasteiger partial charge in [0.1, 0.15) is 0 Å². The second kappa shape index (κ2) is 4.00. The van der Waals surface area contributed by atoms with Crippen molar-refractivity contribution in [1.29, 1.82) is 0 Å². The minimum absolute atomic E-state index is 0.0294. The van der Waals surface area contributed by atoms with Crippen molar-refractivity contribution in [2.45, 2.75) is 0 Å². The second-order valence-electron chi connectivity index (χ2n) is 3.07. The number of phenolic OH excluding ortho intramolecular Hbond substituents is 1. The van der Waals surface area contributed by atoms with E-state index in [1.807, 2.05) is 0 Å². The van der Waals surface area contributed by atoms with E-state index in [9.17, 15) is 9.90 Å². The van der Waals surface area contributed by atoms with Gasteiger partial charge >= 0.3 is 0 Å². The van der Waals surface area contributed by atoms with E-state index in [4.69, 9.17) is 4.74 Å². The van der Waals surface area contributed by atoms with Gasteiger partial charge < -0.3 is 14.7 Å². The van der Waals surface area contributed by atoms with Crippen LogP contribution >= 0.6 is 0 Å². The van der Waals surface area contributed by atoms with Crippen LogP contribution in [0.5, 0.6) is 11.5 Å². The Morgan fingerprint density at radius 2 is 2.07 bits per heavy atom. The lowest BCUT2D eigenvalue weighted by Gasteiger charge is -2.19. The smallest absolute Gasteiger partial charge is 0.184 e. The number of carbonyl (C=O) groups is 1. The molecular formula is C10H13NO3. The van der Waals surface area contributed by atoms with E-state index in [-0.39, 0.29) is 5.75 Å². The van der Waals surface area contributed by atoms with Gasteiger partial charge in [-0.1, -0.05) is 0 Å². The molecule has 14 heavy (non-hydrogen) atoms. The van der Waals surface area contributed by atoms with Crippen molar-refractivity contribution < 1.29 is 14.6 Å². The van der Waals surface area contributed by atoms with Crippen molar-refractivity contribution in [3.8, 4) is 11.5 Å². The van der Waals surface area contributed by atoms with Gasteiger partial charge in [0.15, 0.2) is 17.8 Å². The first-order valence-electron chi connectivity index (χ1n) is 4.14. The van der Waals surface area contributed by atoms with Gasteiger partial charge in [-0.15, -0.1) is 0 Å². The molecule has 0 saturated heterocycles. The molecule has 1 aromatic rings. The number of aromatic hydroxyl groups is 1. The molecule has 4 nitrogen and oxygen atoms in total. The molecule has 0 aliphatic heterocycles. The van der Waals surface area contributed by atoms with Crippen molar-refractivity contribution >= 4 is 12.0 Å². The summed E-state index contributed by atoms with van der Waals surface area (Å²) in [5.41, 5.74) is 1.08. The first-order chi connectivity index (χ1) is 6.61. The highest BCUT2D eigenvalue weighted by molar-refractivity contribution is 5.88. The Hall–Kier alpha value is -1.71. The predicted octanol–water partition coefficient (Wildman–Crippen LogP) is 1.28. The third kappa shape index (κ3) is 1.64. The maximum absolute atomic E-state index is 10.7. The van der Waals surface area contributed by atoms with E-state index in [0.717, 1.165) is 6.29 Å². The Kier molecular flexibility index (Phi) is 2.96. The zero-order valence-electron chi connectivity index (χ0n) is 8.44. The summed E-state index contributed by atoms with van der Waals surface area (Å²) < 4.78 is 5.03. The highest BCUT2D eigenvalue weighted by atomic mass is 16.5. The van der Waals surface area contributed by atoms with Crippen LogP contribution in [-0.2, 0) is 0 Å². The van der Waals surface area contributed by atoms with Crippen LogP contribution in [-0.4, -0.2) is 32.6 Å². The zero-order chi connectivity index (χ0) is 10.7. The third-order valence-corrected chi connectivity index (χ3v) is 1.92. The summed E-state index contributed by atoms with van der Waals surface area (Å²) >= 11 is 0. The summed E-state index contributed by atoms with van der Waals surface area (Å²) in [4.78, 5) is 12.5. The molecule has 1 aromatic carbocycles. The molecule has 0 aromatic heterocycles. The quantitative estimate of drug-likeness (QED) is 0.738. The average molecular weight is 195 g/mol. The van der Waals surface area contributed by atoms with Crippen molar-refractivity contribution in [1.82, 2.24) is 0 Å². The van der Waals surface area contributed by atoms with Crippen LogP contribution in [0.25, 0.3) is 0 Å². The lowest BCUT2D eigenvalue weighted by molar-refractivity contribution is 0.112. The number of aldehydes is 1. The van der Waals surface area contributed by atoms with Crippen molar-refractivity contribution in [3.05, 3.63) is 17.7 Å². The lowest BCUT2D eigenvalue weighted by atomic mass is 10.1. The van der Waals surface area contributed by atoms with Crippen molar-refractivity contribution in [2.24, 2.45) is 0 Å². The number of hydrogen-bond acceptors (Lipinski definition) is 4. The Morgan fingerprint density at radius 3 is 2.50 bits per heavy atom. The molecule has 4 heteroatoms. The van der Waals surface area contributed by atoms with Crippen LogP contribution in [0.3, 0.4) is 0 Å². The molecule has 0 saturated carbocycles. The third-order valence-electron chi connectivity index (χ3n) is 1.92. The number of hydrogen-bond donors (Lipinski definition) is 1. The van der Waals surface area contributed by atoms with Crippen LogP contribution < -0.4 is 9.64 Å². The minimum Gasteiger partial charge on any atom is -0.504 e. The SMILES string of the molecule is COc1c(O)ccc(C=O)c1N(C)C. The monoisotopic (exact) mass is 195 g/mol. The minimum atomic E-state index is 0.0294. The zero-order valence-corrected chi connectivity index (χ0v) is 8.44. The van der Waals surface area contributed by atoms with Crippen LogP contribution in [0.1, 0.15) is 10.4 Å². The van der Waals surface area contributed by atoms with Crippen LogP contribution in [0.4, 0.5) is 5.69 Å². The summed E-state index contributed by atoms with van der Waals surface area (Å²) in [5.74, 6) is 0.349. The first-order valence-corrected chi connectivity index (χ1v) is 4.14. The predicted molar refractivity (Wildman–Crippen MR) is 54.4 cm³/mol. The molecule has 0 radical (unpaired) electrons. The van der Waals surface area contributed by atoms with Gasteiger partial charge in [0.05, 0.1) is 12.8 Å². The maximum Gasteiger partial charge on any atom is 0.184 e. The Labute approximate surface area is 82.7 Å². The molecule has 0 unspecified atom stereocenters. The normalized spacial score (nSPS) is 9.64. The molecule has 76 valence electrons. The fraction of sp³-hybridized carbons (Fsp3) is 0.300. The van der Waals surface area contributed by atoms with E-state index in [1.165, 1.54) is 13.2 Å². The summed E-state index contributed by atoms with van der Waals surface area (Å²) in [6.45, 7) is 0. The molecule has 0 aliphatic rings. The number of benzene rings is 1. The van der Waals surface area contributed by atoms with Crippen LogP contribution in [0, 0.1) is 0 Å². The molecule has 0 heterocycles. The van der Waals surface area contributed by atoms with Gasteiger partial charge in [-0.05, 0) is 12.1 Å². The number of methoxy groups -OCH3 is 1. The molecule has 0 spiro atoms. The molecule has 1 N–H and O–H groups in total. The molecule has 0 bridgehead atoms. The number of ether oxygens (including phenoxy) is 1. The van der Waals surface area contributed by atoms with Gasteiger partial charge in [-0.3, -0.25) is 4.79 Å².